The topological polar surface area (TPSA) is 131 Å². The van der Waals surface area contributed by atoms with Crippen molar-refractivity contribution in [2.45, 2.75) is 32.5 Å². The third-order valence-corrected chi connectivity index (χ3v) is 2.78. The summed E-state index contributed by atoms with van der Waals surface area (Å²) < 4.78 is 35.8. The van der Waals surface area contributed by atoms with Crippen LogP contribution in [0.1, 0.15) is 20.3 Å². The molecular weight excluding hydrogens is 280 g/mol. The summed E-state index contributed by atoms with van der Waals surface area (Å²) in [5.74, 6) is -1.13. The lowest BCUT2D eigenvalue weighted by atomic mass is 10.2. The number of hydrogen-bond donors (Lipinski definition) is 3. The van der Waals surface area contributed by atoms with E-state index < -0.39 is 34.5 Å². The predicted octanol–water partition coefficient (Wildman–Crippen LogP) is -0.555. The van der Waals surface area contributed by atoms with E-state index >= 15 is 0 Å². The maximum atomic E-state index is 11.4. The molecule has 112 valence electrons. The molecule has 0 rings (SSSR count). The fourth-order valence-electron chi connectivity index (χ4n) is 1.02. The van der Waals surface area contributed by atoms with Gasteiger partial charge in [0, 0.05) is 13.7 Å². The van der Waals surface area contributed by atoms with Crippen molar-refractivity contribution in [2.24, 2.45) is 0 Å². The van der Waals surface area contributed by atoms with Crippen LogP contribution in [0.5, 0.6) is 0 Å². The lowest BCUT2D eigenvalue weighted by molar-refractivity contribution is -0.139. The third kappa shape index (κ3) is 9.22. The summed E-state index contributed by atoms with van der Waals surface area (Å²) in [4.78, 5) is 21.5. The van der Waals surface area contributed by atoms with Gasteiger partial charge in [0.2, 0.25) is 0 Å². The minimum Gasteiger partial charge on any atom is -0.481 e. The number of carbonyl (C=O) groups is 2. The van der Waals surface area contributed by atoms with Gasteiger partial charge in [0.25, 0.3) is 0 Å². The molecule has 0 bridgehead atoms. The lowest BCUT2D eigenvalue weighted by Gasteiger charge is -2.15. The van der Waals surface area contributed by atoms with Crippen LogP contribution < -0.4 is 9.44 Å². The van der Waals surface area contributed by atoms with Crippen LogP contribution in [0.25, 0.3) is 0 Å². The van der Waals surface area contributed by atoms with Gasteiger partial charge in [-0.3, -0.25) is 4.79 Å². The minimum absolute atomic E-state index is 0.285. The maximum absolute atomic E-state index is 11.4. The number of ether oxygens (including phenoxy) is 2. The Labute approximate surface area is 111 Å². The van der Waals surface area contributed by atoms with Crippen molar-refractivity contribution in [2.75, 3.05) is 13.7 Å². The van der Waals surface area contributed by atoms with Crippen molar-refractivity contribution in [3.8, 4) is 0 Å². The van der Waals surface area contributed by atoms with Crippen LogP contribution in [0.2, 0.25) is 0 Å². The van der Waals surface area contributed by atoms with Gasteiger partial charge in [-0.1, -0.05) is 0 Å². The molecule has 0 aliphatic rings. The van der Waals surface area contributed by atoms with Crippen molar-refractivity contribution >= 4 is 22.3 Å². The van der Waals surface area contributed by atoms with Crippen molar-refractivity contribution in [1.29, 1.82) is 0 Å². The van der Waals surface area contributed by atoms with E-state index in [1.807, 2.05) is 4.72 Å². The molecule has 0 radical (unpaired) electrons. The number of nitrogens with one attached hydrogen (secondary N) is 2. The van der Waals surface area contributed by atoms with Crippen molar-refractivity contribution < 1.29 is 32.6 Å². The van der Waals surface area contributed by atoms with E-state index in [9.17, 15) is 18.0 Å². The minimum atomic E-state index is -4.11. The molecule has 0 spiro atoms. The second kappa shape index (κ2) is 7.92. The zero-order chi connectivity index (χ0) is 15.1. The molecule has 3 N–H and O–H groups in total. The Morgan fingerprint density at radius 1 is 1.32 bits per heavy atom. The number of methoxy groups -OCH3 is 1. The van der Waals surface area contributed by atoms with Crippen molar-refractivity contribution in [1.82, 2.24) is 9.44 Å². The number of amides is 1. The van der Waals surface area contributed by atoms with Crippen LogP contribution in [0.4, 0.5) is 4.79 Å². The SMILES string of the molecule is COC(CNS(=O)(=O)NC(=O)OC(C)C)CC(=O)O. The molecule has 1 amide bonds. The normalized spacial score (nSPS) is 13.1. The van der Waals surface area contributed by atoms with Gasteiger partial charge in [0.05, 0.1) is 18.6 Å². The van der Waals surface area contributed by atoms with E-state index in [0.29, 0.717) is 0 Å². The molecule has 10 heteroatoms. The molecule has 0 aromatic rings. The average Bonchev–Trinajstić information content (AvgIpc) is 2.21. The Morgan fingerprint density at radius 3 is 2.32 bits per heavy atom. The summed E-state index contributed by atoms with van der Waals surface area (Å²) in [5.41, 5.74) is 0. The molecule has 1 atom stereocenters. The predicted molar refractivity (Wildman–Crippen MR) is 64.7 cm³/mol. The highest BCUT2D eigenvalue weighted by atomic mass is 32.2. The Kier molecular flexibility index (Phi) is 7.34. The standard InChI is InChI=1S/C9H18N2O7S/c1-6(2)18-9(14)11-19(15,16)10-5-7(17-3)4-8(12)13/h6-7,10H,4-5H2,1-3H3,(H,11,14)(H,12,13). The Hall–Kier alpha value is -1.39. The largest absolute Gasteiger partial charge is 0.481 e. The van der Waals surface area contributed by atoms with Gasteiger partial charge in [-0.05, 0) is 13.8 Å². The van der Waals surface area contributed by atoms with Crippen LogP contribution in [0, 0.1) is 0 Å². The van der Waals surface area contributed by atoms with Gasteiger partial charge in [-0.2, -0.15) is 13.1 Å². The highest BCUT2D eigenvalue weighted by Crippen LogP contribution is 1.96. The number of aliphatic carboxylic acids is 1. The van der Waals surface area contributed by atoms with Gasteiger partial charge in [-0.15, -0.1) is 0 Å². The van der Waals surface area contributed by atoms with E-state index in [4.69, 9.17) is 9.84 Å². The van der Waals surface area contributed by atoms with E-state index in [1.54, 1.807) is 18.6 Å². The summed E-state index contributed by atoms with van der Waals surface area (Å²) in [7, 11) is -2.86. The molecule has 0 heterocycles. The monoisotopic (exact) mass is 298 g/mol. The summed E-state index contributed by atoms with van der Waals surface area (Å²) in [6, 6.07) is 0. The number of carboxylic acid groups (broad SMARTS) is 1. The highest BCUT2D eigenvalue weighted by Gasteiger charge is 2.19. The fourth-order valence-corrected chi connectivity index (χ4v) is 1.77. The first-order chi connectivity index (χ1) is 8.66. The molecular formula is C9H18N2O7S. The van der Waals surface area contributed by atoms with Crippen LogP contribution in [-0.2, 0) is 24.5 Å². The number of hydrogen-bond acceptors (Lipinski definition) is 6. The van der Waals surface area contributed by atoms with Gasteiger partial charge in [0.15, 0.2) is 0 Å². The van der Waals surface area contributed by atoms with E-state index in [0.717, 1.165) is 0 Å². The second-order valence-electron chi connectivity index (χ2n) is 3.86. The third-order valence-electron chi connectivity index (χ3n) is 1.80. The summed E-state index contributed by atoms with van der Waals surface area (Å²) >= 11 is 0. The van der Waals surface area contributed by atoms with Crippen molar-refractivity contribution in [3.63, 3.8) is 0 Å². The first kappa shape index (κ1) is 17.6. The quantitative estimate of drug-likeness (QED) is 0.547. The molecule has 0 aromatic carbocycles. The zero-order valence-electron chi connectivity index (χ0n) is 10.9. The highest BCUT2D eigenvalue weighted by molar-refractivity contribution is 7.88. The number of carbonyl (C=O) groups excluding carboxylic acids is 1. The smallest absolute Gasteiger partial charge is 0.422 e. The van der Waals surface area contributed by atoms with E-state index in [-0.39, 0.29) is 13.0 Å². The maximum Gasteiger partial charge on any atom is 0.422 e. The van der Waals surface area contributed by atoms with Crippen molar-refractivity contribution in [3.05, 3.63) is 0 Å². The first-order valence-electron chi connectivity index (χ1n) is 5.39. The van der Waals surface area contributed by atoms with Crippen LogP contribution in [0.15, 0.2) is 0 Å². The summed E-state index contributed by atoms with van der Waals surface area (Å²) in [6.45, 7) is 2.84. The molecule has 0 fully saturated rings. The Bertz CT molecular complexity index is 407. The van der Waals surface area contributed by atoms with Gasteiger partial charge in [0.1, 0.15) is 0 Å². The Morgan fingerprint density at radius 2 is 1.89 bits per heavy atom. The molecule has 0 saturated heterocycles. The van der Waals surface area contributed by atoms with E-state index in [2.05, 4.69) is 4.74 Å². The van der Waals surface area contributed by atoms with Crippen LogP contribution >= 0.6 is 0 Å². The number of carboxylic acids is 1. The van der Waals surface area contributed by atoms with Gasteiger partial charge >= 0.3 is 22.3 Å². The lowest BCUT2D eigenvalue weighted by Crippen LogP contribution is -2.44. The molecule has 0 aliphatic carbocycles. The molecule has 0 aliphatic heterocycles. The summed E-state index contributed by atoms with van der Waals surface area (Å²) in [5, 5.41) is 8.54. The second-order valence-corrected chi connectivity index (χ2v) is 5.36. The molecule has 9 nitrogen and oxygen atoms in total. The number of rotatable bonds is 8. The van der Waals surface area contributed by atoms with Gasteiger partial charge < -0.3 is 14.6 Å². The average molecular weight is 298 g/mol. The summed E-state index contributed by atoms with van der Waals surface area (Å²) in [6.07, 6.45) is -2.78. The Balaban J connectivity index is 4.29. The fraction of sp³-hybridized carbons (Fsp3) is 0.778. The molecule has 0 aromatic heterocycles. The van der Waals surface area contributed by atoms with Crippen LogP contribution in [-0.4, -0.2) is 51.4 Å². The molecule has 1 unspecified atom stereocenters. The van der Waals surface area contributed by atoms with E-state index in [1.165, 1.54) is 7.11 Å². The zero-order valence-corrected chi connectivity index (χ0v) is 11.7. The van der Waals surface area contributed by atoms with Crippen LogP contribution in [0.3, 0.4) is 0 Å². The molecule has 0 saturated carbocycles. The molecule has 19 heavy (non-hydrogen) atoms. The van der Waals surface area contributed by atoms with Gasteiger partial charge in [-0.25, -0.2) is 9.52 Å². The first-order valence-corrected chi connectivity index (χ1v) is 6.87.